The van der Waals surface area contributed by atoms with Crippen molar-refractivity contribution in [2.45, 2.75) is 6.36 Å². The van der Waals surface area contributed by atoms with Crippen LogP contribution in [0.1, 0.15) is 10.4 Å². The van der Waals surface area contributed by atoms with E-state index in [-0.39, 0.29) is 23.7 Å². The lowest BCUT2D eigenvalue weighted by atomic mass is 10.2. The number of primary amides is 1. The van der Waals surface area contributed by atoms with Crippen LogP contribution in [-0.2, 0) is 7.05 Å². The van der Waals surface area contributed by atoms with Crippen LogP contribution >= 0.6 is 23.7 Å². The minimum absolute atomic E-state index is 0. The summed E-state index contributed by atoms with van der Waals surface area (Å²) < 4.78 is 44.8. The number of carbonyl (C=O) groups is 1. The van der Waals surface area contributed by atoms with Crippen LogP contribution in [0.2, 0.25) is 0 Å². The van der Waals surface area contributed by atoms with Gasteiger partial charge in [0.2, 0.25) is 5.91 Å². The number of rotatable bonds is 4. The van der Waals surface area contributed by atoms with Crippen LogP contribution in [0.3, 0.4) is 0 Å². The number of halogens is 4. The predicted octanol–water partition coefficient (Wildman–Crippen LogP) is 4.35. The minimum Gasteiger partial charge on any atom is -0.404 e. The zero-order valence-electron chi connectivity index (χ0n) is 14.6. The molecule has 12 heteroatoms. The summed E-state index contributed by atoms with van der Waals surface area (Å²) >= 11 is 1.23. The number of hydrogen-bond acceptors (Lipinski definition) is 6. The van der Waals surface area contributed by atoms with E-state index in [1.165, 1.54) is 17.4 Å². The molecule has 0 aliphatic heterocycles. The fraction of sp³-hybridized carbons (Fsp3) is 0.118. The Labute approximate surface area is 171 Å². The molecule has 1 amide bonds. The number of anilines is 2. The summed E-state index contributed by atoms with van der Waals surface area (Å²) in [6.07, 6.45) is -3.24. The van der Waals surface area contributed by atoms with Crippen molar-refractivity contribution in [2.75, 3.05) is 5.32 Å². The second kappa shape index (κ2) is 7.41. The van der Waals surface area contributed by atoms with Gasteiger partial charge in [-0.25, -0.2) is 9.97 Å². The number of fused-ring (bicyclic) bond motifs is 3. The van der Waals surface area contributed by atoms with Crippen molar-refractivity contribution in [1.82, 2.24) is 14.5 Å². The zero-order valence-corrected chi connectivity index (χ0v) is 16.3. The molecule has 0 aliphatic carbocycles. The molecule has 3 N–H and O–H groups in total. The number of aromatic nitrogens is 3. The first-order valence-corrected chi connectivity index (χ1v) is 8.70. The number of carbonyl (C=O) groups excluding carboxylic acids is 1. The van der Waals surface area contributed by atoms with E-state index in [9.17, 15) is 18.0 Å². The van der Waals surface area contributed by atoms with Gasteiger partial charge in [0.25, 0.3) is 0 Å². The van der Waals surface area contributed by atoms with Crippen LogP contribution in [-0.4, -0.2) is 26.8 Å². The molecule has 0 radical (unpaired) electrons. The molecule has 29 heavy (non-hydrogen) atoms. The monoisotopic (exact) mass is 443 g/mol. The molecule has 0 aliphatic rings. The molecule has 7 nitrogen and oxygen atoms in total. The molecule has 0 spiro atoms. The van der Waals surface area contributed by atoms with Crippen LogP contribution in [0, 0.1) is 0 Å². The quantitative estimate of drug-likeness (QED) is 0.489. The summed E-state index contributed by atoms with van der Waals surface area (Å²) in [5.74, 6) is -1.28. The molecule has 2 heterocycles. The predicted molar refractivity (Wildman–Crippen MR) is 106 cm³/mol. The van der Waals surface area contributed by atoms with Crippen molar-refractivity contribution in [1.29, 1.82) is 0 Å². The highest BCUT2D eigenvalue weighted by Crippen LogP contribution is 2.37. The first-order valence-electron chi connectivity index (χ1n) is 7.88. The lowest BCUT2D eigenvalue weighted by molar-refractivity contribution is -0.274. The van der Waals surface area contributed by atoms with Crippen LogP contribution in [0.25, 0.3) is 21.3 Å². The first-order chi connectivity index (χ1) is 13.2. The number of thiazole rings is 1. The SMILES string of the molecule is Cl.Cn1cnc2c3nc(Nc4cc(C(N)=O)ccc4OC(F)(F)F)sc3ccc21. The highest BCUT2D eigenvalue weighted by atomic mass is 35.5. The van der Waals surface area contributed by atoms with Crippen molar-refractivity contribution >= 4 is 61.7 Å². The van der Waals surface area contributed by atoms with E-state index in [1.807, 2.05) is 23.7 Å². The Bertz CT molecular complexity index is 1220. The molecule has 152 valence electrons. The van der Waals surface area contributed by atoms with Gasteiger partial charge in [-0.3, -0.25) is 4.79 Å². The highest BCUT2D eigenvalue weighted by Gasteiger charge is 2.32. The standard InChI is InChI=1S/C17H12F3N5O2S.ClH/c1-25-7-22-13-10(25)3-5-12-14(13)24-16(28-12)23-9-6-8(15(21)26)2-4-11(9)27-17(18,19)20;/h2-7H,1H3,(H2,21,26)(H,23,24);1H. The highest BCUT2D eigenvalue weighted by molar-refractivity contribution is 7.22. The molecule has 2 aromatic heterocycles. The van der Waals surface area contributed by atoms with Gasteiger partial charge in [0.1, 0.15) is 11.0 Å². The molecule has 0 saturated heterocycles. The molecule has 0 fully saturated rings. The van der Waals surface area contributed by atoms with Crippen molar-refractivity contribution in [2.24, 2.45) is 12.8 Å². The third kappa shape index (κ3) is 4.05. The van der Waals surface area contributed by atoms with Gasteiger partial charge < -0.3 is 20.4 Å². The second-order valence-corrected chi connectivity index (χ2v) is 6.93. The Balaban J connectivity index is 0.00000240. The van der Waals surface area contributed by atoms with E-state index in [2.05, 4.69) is 20.0 Å². The number of nitrogens with one attached hydrogen (secondary N) is 1. The second-order valence-electron chi connectivity index (χ2n) is 5.90. The minimum atomic E-state index is -4.89. The number of hydrogen-bond donors (Lipinski definition) is 2. The number of nitrogens with two attached hydrogens (primary N) is 1. The fourth-order valence-corrected chi connectivity index (χ4v) is 3.63. The molecular weight excluding hydrogens is 431 g/mol. The lowest BCUT2D eigenvalue weighted by Crippen LogP contribution is -2.18. The van der Waals surface area contributed by atoms with Gasteiger partial charge in [-0.2, -0.15) is 0 Å². The van der Waals surface area contributed by atoms with E-state index in [0.717, 1.165) is 22.3 Å². The van der Waals surface area contributed by atoms with Crippen molar-refractivity contribution in [3.05, 3.63) is 42.2 Å². The Kier molecular flexibility index (Phi) is 5.28. The summed E-state index contributed by atoms with van der Waals surface area (Å²) in [5, 5.41) is 3.11. The molecule has 4 rings (SSSR count). The van der Waals surface area contributed by atoms with E-state index in [4.69, 9.17) is 5.73 Å². The number of benzene rings is 2. The Morgan fingerprint density at radius 3 is 2.69 bits per heavy atom. The van der Waals surface area contributed by atoms with Gasteiger partial charge in [0.05, 0.1) is 22.2 Å². The summed E-state index contributed by atoms with van der Waals surface area (Å²) in [5.41, 5.74) is 7.36. The number of nitrogens with zero attached hydrogens (tertiary/aromatic N) is 3. The molecule has 0 atom stereocenters. The van der Waals surface area contributed by atoms with Gasteiger partial charge in [-0.15, -0.1) is 25.6 Å². The zero-order chi connectivity index (χ0) is 20.1. The smallest absolute Gasteiger partial charge is 0.404 e. The van der Waals surface area contributed by atoms with Crippen LogP contribution in [0.5, 0.6) is 5.75 Å². The number of imidazole rings is 1. The maximum atomic E-state index is 12.7. The molecule has 0 bridgehead atoms. The van der Waals surface area contributed by atoms with Crippen molar-refractivity contribution in [3.63, 3.8) is 0 Å². The Morgan fingerprint density at radius 1 is 1.24 bits per heavy atom. The van der Waals surface area contributed by atoms with Crippen LogP contribution < -0.4 is 15.8 Å². The molecule has 0 unspecified atom stereocenters. The van der Waals surface area contributed by atoms with Crippen molar-refractivity contribution < 1.29 is 22.7 Å². The topological polar surface area (TPSA) is 95.1 Å². The maximum Gasteiger partial charge on any atom is 0.573 e. The van der Waals surface area contributed by atoms with Crippen LogP contribution in [0.4, 0.5) is 24.0 Å². The van der Waals surface area contributed by atoms with E-state index in [0.29, 0.717) is 16.2 Å². The van der Waals surface area contributed by atoms with Gasteiger partial charge >= 0.3 is 6.36 Å². The normalized spacial score (nSPS) is 11.4. The largest absolute Gasteiger partial charge is 0.573 e. The van der Waals surface area contributed by atoms with Crippen molar-refractivity contribution in [3.8, 4) is 5.75 Å². The Morgan fingerprint density at radius 2 is 2.00 bits per heavy atom. The summed E-state index contributed by atoms with van der Waals surface area (Å²) in [6, 6.07) is 7.12. The lowest BCUT2D eigenvalue weighted by Gasteiger charge is -2.14. The summed E-state index contributed by atoms with van der Waals surface area (Å²) in [6.45, 7) is 0. The van der Waals surface area contributed by atoms with Gasteiger partial charge in [0.15, 0.2) is 10.9 Å². The maximum absolute atomic E-state index is 12.7. The molecule has 4 aromatic rings. The number of aryl methyl sites for hydroxylation is 1. The summed E-state index contributed by atoms with van der Waals surface area (Å²) in [4.78, 5) is 20.2. The molecule has 2 aromatic carbocycles. The van der Waals surface area contributed by atoms with E-state index < -0.39 is 18.0 Å². The average Bonchev–Trinajstić information content (AvgIpc) is 3.18. The number of alkyl halides is 3. The first kappa shape index (κ1) is 20.7. The molecular formula is C17H13ClF3N5O2S. The fourth-order valence-electron chi connectivity index (χ4n) is 2.75. The van der Waals surface area contributed by atoms with E-state index in [1.54, 1.807) is 6.33 Å². The van der Waals surface area contributed by atoms with Gasteiger partial charge in [0, 0.05) is 12.6 Å². The van der Waals surface area contributed by atoms with Crippen LogP contribution in [0.15, 0.2) is 36.7 Å². The van der Waals surface area contributed by atoms with E-state index >= 15 is 0 Å². The Hall–Kier alpha value is -3.05. The van der Waals surface area contributed by atoms with Gasteiger partial charge in [-0.1, -0.05) is 11.3 Å². The number of ether oxygens (including phenoxy) is 1. The number of amides is 1. The third-order valence-corrected chi connectivity index (χ3v) is 4.92. The van der Waals surface area contributed by atoms with Gasteiger partial charge in [-0.05, 0) is 30.3 Å². The molecule has 0 saturated carbocycles. The third-order valence-electron chi connectivity index (χ3n) is 3.98. The summed E-state index contributed by atoms with van der Waals surface area (Å²) in [7, 11) is 1.85. The average molecular weight is 444 g/mol.